The molecule has 11 heteroatoms. The molecule has 2 aromatic rings. The number of aliphatic hydroxyl groups is 1. The third-order valence-electron chi connectivity index (χ3n) is 4.39. The van der Waals surface area contributed by atoms with E-state index in [0.717, 1.165) is 0 Å². The molecule has 3 rings (SSSR count). The van der Waals surface area contributed by atoms with Crippen molar-refractivity contribution < 1.29 is 15.0 Å². The van der Waals surface area contributed by atoms with Gasteiger partial charge in [0.05, 0.1) is 23.4 Å². The zero-order valence-corrected chi connectivity index (χ0v) is 16.2. The number of hydrogen-bond acceptors (Lipinski definition) is 8. The van der Waals surface area contributed by atoms with E-state index in [9.17, 15) is 15.0 Å². The number of aromatic nitrogens is 3. The molecule has 0 spiro atoms. The monoisotopic (exact) mass is 407 g/mol. The SMILES string of the molecule is CCC(CO)NC1(Nc2ccc(Cl)c(C(=O)O)c2)N=Cc2nnn(CC)c2N1. The number of rotatable bonds is 8. The van der Waals surface area contributed by atoms with Crippen LogP contribution in [0.2, 0.25) is 5.02 Å². The summed E-state index contributed by atoms with van der Waals surface area (Å²) in [6, 6.07) is 4.31. The molecule has 1 aromatic heterocycles. The molecule has 2 atom stereocenters. The Bertz CT molecular complexity index is 897. The number of aryl methyl sites for hydroxylation is 1. The van der Waals surface area contributed by atoms with Crippen LogP contribution in [-0.2, 0) is 6.54 Å². The minimum atomic E-state index is -1.24. The Morgan fingerprint density at radius 1 is 1.43 bits per heavy atom. The van der Waals surface area contributed by atoms with Gasteiger partial charge >= 0.3 is 5.97 Å². The van der Waals surface area contributed by atoms with Crippen molar-refractivity contribution in [3.05, 3.63) is 34.5 Å². The maximum Gasteiger partial charge on any atom is 0.337 e. The molecular weight excluding hydrogens is 386 g/mol. The first-order valence-electron chi connectivity index (χ1n) is 8.87. The van der Waals surface area contributed by atoms with Gasteiger partial charge < -0.3 is 20.8 Å². The summed E-state index contributed by atoms with van der Waals surface area (Å²) in [6.07, 6.45) is 2.22. The van der Waals surface area contributed by atoms with Crippen molar-refractivity contribution in [2.45, 2.75) is 38.8 Å². The molecule has 0 amide bonds. The Hall–Kier alpha value is -2.69. The molecule has 1 aromatic carbocycles. The number of hydrogen-bond donors (Lipinski definition) is 5. The van der Waals surface area contributed by atoms with E-state index in [1.807, 2.05) is 13.8 Å². The molecule has 0 radical (unpaired) electrons. The predicted octanol–water partition coefficient (Wildman–Crippen LogP) is 1.58. The summed E-state index contributed by atoms with van der Waals surface area (Å²) in [7, 11) is 0. The van der Waals surface area contributed by atoms with Crippen molar-refractivity contribution in [3.63, 3.8) is 0 Å². The summed E-state index contributed by atoms with van der Waals surface area (Å²) in [6.45, 7) is 4.37. The van der Waals surface area contributed by atoms with Crippen molar-refractivity contribution in [2.24, 2.45) is 4.99 Å². The number of fused-ring (bicyclic) bond motifs is 1. The second-order valence-corrected chi connectivity index (χ2v) is 6.70. The van der Waals surface area contributed by atoms with Crippen molar-refractivity contribution in [3.8, 4) is 0 Å². The Balaban J connectivity index is 1.99. The first-order chi connectivity index (χ1) is 13.4. The molecule has 1 aliphatic rings. The van der Waals surface area contributed by atoms with E-state index < -0.39 is 11.9 Å². The van der Waals surface area contributed by atoms with Gasteiger partial charge in [-0.2, -0.15) is 0 Å². The number of carbonyl (C=O) groups is 1. The van der Waals surface area contributed by atoms with Gasteiger partial charge in [0.1, 0.15) is 5.69 Å². The summed E-state index contributed by atoms with van der Waals surface area (Å²) < 4.78 is 1.68. The minimum absolute atomic E-state index is 0.0308. The van der Waals surface area contributed by atoms with Crippen LogP contribution in [0.1, 0.15) is 36.3 Å². The molecule has 28 heavy (non-hydrogen) atoms. The lowest BCUT2D eigenvalue weighted by molar-refractivity contribution is 0.0697. The van der Waals surface area contributed by atoms with Crippen LogP contribution in [-0.4, -0.2) is 56.0 Å². The fraction of sp³-hybridized carbons (Fsp3) is 0.412. The Morgan fingerprint density at radius 3 is 2.86 bits per heavy atom. The van der Waals surface area contributed by atoms with Gasteiger partial charge in [-0.3, -0.25) is 5.32 Å². The van der Waals surface area contributed by atoms with Gasteiger partial charge in [0.15, 0.2) is 5.82 Å². The third kappa shape index (κ3) is 3.93. The maximum absolute atomic E-state index is 11.4. The van der Waals surface area contributed by atoms with E-state index >= 15 is 0 Å². The quantitative estimate of drug-likeness (QED) is 0.416. The number of anilines is 2. The lowest BCUT2D eigenvalue weighted by Crippen LogP contribution is -2.62. The van der Waals surface area contributed by atoms with E-state index in [0.29, 0.717) is 30.2 Å². The second-order valence-electron chi connectivity index (χ2n) is 6.29. The molecule has 5 N–H and O–H groups in total. The van der Waals surface area contributed by atoms with Gasteiger partial charge in [-0.1, -0.05) is 23.7 Å². The van der Waals surface area contributed by atoms with Crippen molar-refractivity contribution in [1.29, 1.82) is 0 Å². The molecule has 2 unspecified atom stereocenters. The van der Waals surface area contributed by atoms with Crippen LogP contribution < -0.4 is 16.0 Å². The number of aromatic carboxylic acids is 1. The highest BCUT2D eigenvalue weighted by Crippen LogP contribution is 2.27. The van der Waals surface area contributed by atoms with Crippen LogP contribution in [0.4, 0.5) is 11.5 Å². The number of nitrogens with zero attached hydrogens (tertiary/aromatic N) is 4. The van der Waals surface area contributed by atoms with Crippen LogP contribution in [0.3, 0.4) is 0 Å². The Labute approximate surface area is 166 Å². The summed E-state index contributed by atoms with van der Waals surface area (Å²) in [5, 5.41) is 36.9. The van der Waals surface area contributed by atoms with Gasteiger partial charge in [0.2, 0.25) is 0 Å². The molecule has 0 saturated carbocycles. The van der Waals surface area contributed by atoms with Crippen LogP contribution in [0.25, 0.3) is 0 Å². The summed E-state index contributed by atoms with van der Waals surface area (Å²) in [5.74, 6) is -1.72. The van der Waals surface area contributed by atoms with Crippen LogP contribution in [0.15, 0.2) is 23.2 Å². The Morgan fingerprint density at radius 2 is 2.21 bits per heavy atom. The topological polar surface area (TPSA) is 137 Å². The first kappa shape index (κ1) is 20.1. The molecule has 2 heterocycles. The van der Waals surface area contributed by atoms with Gasteiger partial charge in [0, 0.05) is 18.3 Å². The largest absolute Gasteiger partial charge is 0.478 e. The van der Waals surface area contributed by atoms with Gasteiger partial charge in [-0.15, -0.1) is 5.10 Å². The van der Waals surface area contributed by atoms with Crippen LogP contribution in [0.5, 0.6) is 0 Å². The number of aliphatic hydroxyl groups excluding tert-OH is 1. The van der Waals surface area contributed by atoms with E-state index in [-0.39, 0.29) is 23.2 Å². The average molecular weight is 408 g/mol. The number of halogens is 1. The molecule has 10 nitrogen and oxygen atoms in total. The summed E-state index contributed by atoms with van der Waals surface area (Å²) in [4.78, 5) is 15.9. The molecule has 0 aliphatic carbocycles. The van der Waals surface area contributed by atoms with Gasteiger partial charge in [0.25, 0.3) is 5.91 Å². The highest BCUT2D eigenvalue weighted by Gasteiger charge is 2.36. The smallest absolute Gasteiger partial charge is 0.337 e. The number of nitrogens with one attached hydrogen (secondary N) is 3. The van der Waals surface area contributed by atoms with Crippen LogP contribution >= 0.6 is 11.6 Å². The highest BCUT2D eigenvalue weighted by molar-refractivity contribution is 6.33. The average Bonchev–Trinajstić information content (AvgIpc) is 3.09. The van der Waals surface area contributed by atoms with Gasteiger partial charge in [-0.25, -0.2) is 14.5 Å². The summed E-state index contributed by atoms with van der Waals surface area (Å²) >= 11 is 5.97. The second kappa shape index (κ2) is 8.13. The van der Waals surface area contributed by atoms with Crippen molar-refractivity contribution in [2.75, 3.05) is 17.2 Å². The first-order valence-corrected chi connectivity index (χ1v) is 9.25. The number of benzene rings is 1. The zero-order valence-electron chi connectivity index (χ0n) is 15.5. The van der Waals surface area contributed by atoms with E-state index in [1.54, 1.807) is 17.0 Å². The molecule has 150 valence electrons. The fourth-order valence-corrected chi connectivity index (χ4v) is 3.04. The standard InChI is InChI=1S/C17H22ClN7O3/c1-3-10(9-26)20-17(19-8-14-15(22-17)25(4-2)24-23-14)21-11-5-6-13(18)12(7-11)16(27)28/h5-8,10,20-22,26H,3-4,9H2,1-2H3,(H,27,28). The van der Waals surface area contributed by atoms with Crippen molar-refractivity contribution >= 4 is 35.3 Å². The van der Waals surface area contributed by atoms with Crippen molar-refractivity contribution in [1.82, 2.24) is 20.3 Å². The molecule has 0 bridgehead atoms. The predicted molar refractivity (Wildman–Crippen MR) is 106 cm³/mol. The maximum atomic E-state index is 11.4. The van der Waals surface area contributed by atoms with E-state index in [4.69, 9.17) is 11.6 Å². The molecule has 0 saturated heterocycles. The zero-order chi connectivity index (χ0) is 20.3. The van der Waals surface area contributed by atoms with E-state index in [1.165, 1.54) is 12.1 Å². The van der Waals surface area contributed by atoms with Crippen LogP contribution in [0, 0.1) is 0 Å². The lowest BCUT2D eigenvalue weighted by Gasteiger charge is -2.38. The number of carboxylic acid groups (broad SMARTS) is 1. The number of aliphatic imine (C=N–C) groups is 1. The highest BCUT2D eigenvalue weighted by atomic mass is 35.5. The fourth-order valence-electron chi connectivity index (χ4n) is 2.85. The molecule has 1 aliphatic heterocycles. The Kier molecular flexibility index (Phi) is 5.82. The molecule has 0 fully saturated rings. The van der Waals surface area contributed by atoms with Gasteiger partial charge in [-0.05, 0) is 31.5 Å². The number of carboxylic acids is 1. The lowest BCUT2D eigenvalue weighted by atomic mass is 10.2. The normalized spacial score (nSPS) is 19.0. The summed E-state index contributed by atoms with van der Waals surface area (Å²) in [5.41, 5.74) is 1.03. The minimum Gasteiger partial charge on any atom is -0.478 e. The third-order valence-corrected chi connectivity index (χ3v) is 4.72. The molecular formula is C17H22ClN7O3. The van der Waals surface area contributed by atoms with E-state index in [2.05, 4.69) is 31.3 Å².